The first kappa shape index (κ1) is 37.1. The van der Waals surface area contributed by atoms with Crippen molar-refractivity contribution >= 4 is 21.7 Å². The van der Waals surface area contributed by atoms with Crippen LogP contribution in [-0.2, 0) is 14.6 Å². The van der Waals surface area contributed by atoms with Crippen molar-refractivity contribution in [2.45, 2.75) is 140 Å². The number of unbranched alkanes of at least 4 members (excludes halogenated alkanes) is 18. The second-order valence-electron chi connectivity index (χ2n) is 12.1. The molecule has 0 saturated carbocycles. The van der Waals surface area contributed by atoms with Gasteiger partial charge < -0.3 is 9.84 Å². The molecule has 0 unspecified atom stereocenters. The summed E-state index contributed by atoms with van der Waals surface area (Å²) in [4.78, 5) is 0.357. The first-order chi connectivity index (χ1) is 21.1. The highest BCUT2D eigenvalue weighted by Gasteiger charge is 2.15. The predicted molar refractivity (Wildman–Crippen MR) is 184 cm³/mol. The second-order valence-corrected chi connectivity index (χ2v) is 14.2. The summed E-state index contributed by atoms with van der Waals surface area (Å²) in [5, 5.41) is 8.91. The van der Waals surface area contributed by atoms with Gasteiger partial charge in [0.05, 0.1) is 17.3 Å². The van der Waals surface area contributed by atoms with E-state index < -0.39 is 9.84 Å². The Bertz CT molecular complexity index is 1060. The Morgan fingerprint density at radius 2 is 1.12 bits per heavy atom. The second kappa shape index (κ2) is 24.2. The predicted octanol–water partition coefficient (Wildman–Crippen LogP) is 10.8. The number of ether oxygens (including phenoxy) is 1. The van der Waals surface area contributed by atoms with Gasteiger partial charge >= 0.3 is 0 Å². The fourth-order valence-corrected chi connectivity index (χ4v) is 6.81. The van der Waals surface area contributed by atoms with Gasteiger partial charge in [0.2, 0.25) is 0 Å². The summed E-state index contributed by atoms with van der Waals surface area (Å²) in [5.74, 6) is 0.917. The van der Waals surface area contributed by atoms with E-state index in [0.717, 1.165) is 42.6 Å². The Balaban J connectivity index is 1.69. The molecule has 0 aromatic heterocycles. The molecule has 0 heterocycles. The van der Waals surface area contributed by atoms with Crippen molar-refractivity contribution in [3.05, 3.63) is 65.7 Å². The van der Waals surface area contributed by atoms with Gasteiger partial charge in [-0.2, -0.15) is 0 Å². The molecule has 2 aromatic carbocycles. The molecule has 0 amide bonds. The standard InChI is InChI=1S/C38H60O4S/c1-2-3-4-5-6-7-8-9-10-11-12-13-14-15-17-23-32-42-38(34-35-25-20-19-21-26-35)36-27-29-37(30-28-36)43(40,41)33-24-18-16-22-31-39/h19-21,25-30,34,39H,2-18,22-24,31-33H2,1H3. The van der Waals surface area contributed by atoms with Crippen molar-refractivity contribution in [1.29, 1.82) is 0 Å². The van der Waals surface area contributed by atoms with E-state index in [1.165, 1.54) is 96.3 Å². The minimum absolute atomic E-state index is 0.139. The average Bonchev–Trinajstić information content (AvgIpc) is 3.02. The molecule has 0 saturated heterocycles. The largest absolute Gasteiger partial charge is 0.493 e. The lowest BCUT2D eigenvalue weighted by Crippen LogP contribution is -2.07. The average molecular weight is 613 g/mol. The molecule has 43 heavy (non-hydrogen) atoms. The molecule has 1 N–H and O–H groups in total. The molecule has 0 radical (unpaired) electrons. The quantitative estimate of drug-likeness (QED) is 0.0619. The van der Waals surface area contributed by atoms with Crippen molar-refractivity contribution in [3.63, 3.8) is 0 Å². The van der Waals surface area contributed by atoms with Gasteiger partial charge in [0.1, 0.15) is 5.76 Å². The van der Waals surface area contributed by atoms with Crippen molar-refractivity contribution in [1.82, 2.24) is 0 Å². The van der Waals surface area contributed by atoms with Crippen LogP contribution in [0.4, 0.5) is 0 Å². The van der Waals surface area contributed by atoms with Gasteiger partial charge in [-0.05, 0) is 55.2 Å². The Hall–Kier alpha value is -2.11. The molecule has 4 nitrogen and oxygen atoms in total. The van der Waals surface area contributed by atoms with Crippen LogP contribution in [0.25, 0.3) is 11.8 Å². The fraction of sp³-hybridized carbons (Fsp3) is 0.632. The lowest BCUT2D eigenvalue weighted by molar-refractivity contribution is 0.268. The van der Waals surface area contributed by atoms with E-state index in [1.807, 2.05) is 48.5 Å². The number of rotatable bonds is 27. The van der Waals surface area contributed by atoms with Gasteiger partial charge in [-0.25, -0.2) is 8.42 Å². The number of sulfone groups is 1. The van der Waals surface area contributed by atoms with Crippen LogP contribution in [0, 0.1) is 0 Å². The maximum Gasteiger partial charge on any atom is 0.178 e. The smallest absolute Gasteiger partial charge is 0.178 e. The Labute approximate surface area is 264 Å². The molecule has 5 heteroatoms. The van der Waals surface area contributed by atoms with E-state index in [9.17, 15) is 8.42 Å². The topological polar surface area (TPSA) is 63.6 Å². The van der Waals surface area contributed by atoms with E-state index in [-0.39, 0.29) is 12.4 Å². The molecular weight excluding hydrogens is 552 g/mol. The van der Waals surface area contributed by atoms with Crippen LogP contribution < -0.4 is 0 Å². The molecule has 0 aliphatic carbocycles. The highest BCUT2D eigenvalue weighted by Crippen LogP contribution is 2.23. The van der Waals surface area contributed by atoms with Crippen molar-refractivity contribution in [2.24, 2.45) is 0 Å². The number of hydrogen-bond donors (Lipinski definition) is 1. The number of benzene rings is 2. The molecule has 2 rings (SSSR count). The maximum absolute atomic E-state index is 12.8. The SMILES string of the molecule is CCCCCCCCCCCCCCCCCCOC(=Cc1ccccc1)c1ccc(S(=O)(=O)CCCCCCO)cc1. The van der Waals surface area contributed by atoms with Crippen LogP contribution in [0.15, 0.2) is 59.5 Å². The molecule has 0 spiro atoms. The van der Waals surface area contributed by atoms with Crippen LogP contribution in [0.5, 0.6) is 0 Å². The Morgan fingerprint density at radius 1 is 0.628 bits per heavy atom. The third kappa shape index (κ3) is 17.7. The minimum Gasteiger partial charge on any atom is -0.493 e. The molecule has 2 aromatic rings. The van der Waals surface area contributed by atoms with E-state index >= 15 is 0 Å². The van der Waals surface area contributed by atoms with Gasteiger partial charge in [-0.1, -0.05) is 146 Å². The van der Waals surface area contributed by atoms with Crippen LogP contribution in [0.1, 0.15) is 146 Å². The zero-order valence-corrected chi connectivity index (χ0v) is 27.9. The Kier molecular flexibility index (Phi) is 20.9. The van der Waals surface area contributed by atoms with Gasteiger partial charge in [0, 0.05) is 12.2 Å². The lowest BCUT2D eigenvalue weighted by Gasteiger charge is -2.12. The molecular formula is C38H60O4S. The third-order valence-electron chi connectivity index (χ3n) is 8.17. The van der Waals surface area contributed by atoms with E-state index in [1.54, 1.807) is 12.1 Å². The number of aliphatic hydroxyl groups is 1. The van der Waals surface area contributed by atoms with E-state index in [2.05, 4.69) is 6.92 Å². The van der Waals surface area contributed by atoms with Gasteiger partial charge in [0.25, 0.3) is 0 Å². The Morgan fingerprint density at radius 3 is 1.65 bits per heavy atom. The van der Waals surface area contributed by atoms with E-state index in [0.29, 0.717) is 17.9 Å². The van der Waals surface area contributed by atoms with Crippen molar-refractivity contribution in [2.75, 3.05) is 19.0 Å². The molecule has 0 aliphatic heterocycles. The summed E-state index contributed by atoms with van der Waals surface area (Å²) < 4.78 is 31.8. The summed E-state index contributed by atoms with van der Waals surface area (Å²) in [6, 6.07) is 17.2. The minimum atomic E-state index is -3.32. The lowest BCUT2D eigenvalue weighted by atomic mass is 10.0. The van der Waals surface area contributed by atoms with Crippen molar-refractivity contribution < 1.29 is 18.3 Å². The summed E-state index contributed by atoms with van der Waals surface area (Å²) in [5.41, 5.74) is 1.95. The molecule has 0 fully saturated rings. The highest BCUT2D eigenvalue weighted by molar-refractivity contribution is 7.91. The first-order valence-corrected chi connectivity index (χ1v) is 19.1. The normalized spacial score (nSPS) is 12.1. The summed E-state index contributed by atoms with van der Waals surface area (Å²) >= 11 is 0. The third-order valence-corrected chi connectivity index (χ3v) is 9.99. The van der Waals surface area contributed by atoms with Gasteiger partial charge in [-0.15, -0.1) is 0 Å². The summed E-state index contributed by atoms with van der Waals surface area (Å²) in [7, 11) is -3.32. The van der Waals surface area contributed by atoms with E-state index in [4.69, 9.17) is 9.84 Å². The zero-order valence-electron chi connectivity index (χ0n) is 27.1. The van der Waals surface area contributed by atoms with Crippen LogP contribution in [-0.4, -0.2) is 32.5 Å². The van der Waals surface area contributed by atoms with Crippen LogP contribution in [0.3, 0.4) is 0 Å². The maximum atomic E-state index is 12.8. The summed E-state index contributed by atoms with van der Waals surface area (Å²) in [6.07, 6.45) is 26.6. The van der Waals surface area contributed by atoms with Crippen LogP contribution >= 0.6 is 0 Å². The first-order valence-electron chi connectivity index (χ1n) is 17.4. The van der Waals surface area contributed by atoms with Crippen molar-refractivity contribution in [3.8, 4) is 0 Å². The van der Waals surface area contributed by atoms with Gasteiger partial charge in [-0.3, -0.25) is 0 Å². The molecule has 242 valence electrons. The van der Waals surface area contributed by atoms with Gasteiger partial charge in [0.15, 0.2) is 9.84 Å². The molecule has 0 aliphatic rings. The zero-order chi connectivity index (χ0) is 30.9. The fourth-order valence-electron chi connectivity index (χ4n) is 5.44. The number of aliphatic hydroxyl groups excluding tert-OH is 1. The molecule has 0 atom stereocenters. The van der Waals surface area contributed by atoms with Crippen LogP contribution in [0.2, 0.25) is 0 Å². The molecule has 0 bridgehead atoms. The summed E-state index contributed by atoms with van der Waals surface area (Å²) in [6.45, 7) is 3.10. The monoisotopic (exact) mass is 612 g/mol. The number of hydrogen-bond acceptors (Lipinski definition) is 4. The highest BCUT2D eigenvalue weighted by atomic mass is 32.2.